The Hall–Kier alpha value is -0.890. The van der Waals surface area contributed by atoms with E-state index < -0.39 is 5.60 Å². The van der Waals surface area contributed by atoms with Crippen LogP contribution in [0.3, 0.4) is 0 Å². The van der Waals surface area contributed by atoms with Crippen molar-refractivity contribution in [1.29, 1.82) is 0 Å². The summed E-state index contributed by atoms with van der Waals surface area (Å²) in [5.74, 6) is 2.10. The predicted octanol–water partition coefficient (Wildman–Crippen LogP) is 4.05. The summed E-state index contributed by atoms with van der Waals surface area (Å²) in [5, 5.41) is 10.9. The predicted molar refractivity (Wildman–Crippen MR) is 87.2 cm³/mol. The van der Waals surface area contributed by atoms with E-state index in [1.165, 1.54) is 12.0 Å². The van der Waals surface area contributed by atoms with E-state index >= 15 is 0 Å². The minimum atomic E-state index is -0.518. The molecular weight excluding hydrogens is 272 g/mol. The summed E-state index contributed by atoms with van der Waals surface area (Å²) >= 11 is 0. The smallest absolute Gasteiger partial charge is 0.156 e. The van der Waals surface area contributed by atoms with Crippen molar-refractivity contribution in [2.45, 2.75) is 64.9 Å². The fraction of sp³-hybridized carbons (Fsp3) is 0.750. The number of hydrogen-bond donors (Lipinski definition) is 1. The zero-order chi connectivity index (χ0) is 15.8. The van der Waals surface area contributed by atoms with Crippen LogP contribution in [0.4, 0.5) is 0 Å². The van der Waals surface area contributed by atoms with Gasteiger partial charge in [-0.1, -0.05) is 26.0 Å². The van der Waals surface area contributed by atoms with Gasteiger partial charge in [0.2, 0.25) is 0 Å². The minimum absolute atomic E-state index is 0.0561. The van der Waals surface area contributed by atoms with Crippen molar-refractivity contribution in [3.63, 3.8) is 0 Å². The molecule has 120 valence electrons. The average Bonchev–Trinajstić information content (AvgIpc) is 2.70. The summed E-state index contributed by atoms with van der Waals surface area (Å²) in [4.78, 5) is 11.8. The fourth-order valence-corrected chi connectivity index (χ4v) is 6.24. The van der Waals surface area contributed by atoms with E-state index in [1.54, 1.807) is 0 Å². The van der Waals surface area contributed by atoms with E-state index in [4.69, 9.17) is 0 Å². The van der Waals surface area contributed by atoms with Gasteiger partial charge in [0, 0.05) is 6.42 Å². The lowest BCUT2D eigenvalue weighted by atomic mass is 9.48. The highest BCUT2D eigenvalue weighted by atomic mass is 16.3. The molecule has 4 aliphatic carbocycles. The van der Waals surface area contributed by atoms with Crippen LogP contribution < -0.4 is 0 Å². The Morgan fingerprint density at radius 3 is 2.59 bits per heavy atom. The first-order valence-electron chi connectivity index (χ1n) is 8.94. The summed E-state index contributed by atoms with van der Waals surface area (Å²) in [6.45, 7) is 6.74. The summed E-state index contributed by atoms with van der Waals surface area (Å²) < 4.78 is 0. The lowest BCUT2D eigenvalue weighted by Gasteiger charge is -2.56. The molecule has 0 aromatic rings. The van der Waals surface area contributed by atoms with Crippen molar-refractivity contribution in [1.82, 2.24) is 0 Å². The number of carbonyl (C=O) groups is 1. The Kier molecular flexibility index (Phi) is 2.90. The Labute approximate surface area is 133 Å². The maximum Gasteiger partial charge on any atom is 0.156 e. The van der Waals surface area contributed by atoms with Gasteiger partial charge in [0.15, 0.2) is 5.78 Å². The number of carbonyl (C=O) groups excluding carboxylic acids is 1. The van der Waals surface area contributed by atoms with Gasteiger partial charge in [-0.15, -0.1) is 0 Å². The summed E-state index contributed by atoms with van der Waals surface area (Å²) in [6, 6.07) is 0. The minimum Gasteiger partial charge on any atom is -0.390 e. The van der Waals surface area contributed by atoms with Gasteiger partial charge in [-0.2, -0.15) is 0 Å². The molecule has 0 aliphatic heterocycles. The highest BCUT2D eigenvalue weighted by molar-refractivity contribution is 5.92. The molecule has 0 aromatic carbocycles. The van der Waals surface area contributed by atoms with Crippen LogP contribution in [0, 0.1) is 28.6 Å². The molecule has 0 amide bonds. The molecule has 4 rings (SSSR count). The normalized spacial score (nSPS) is 53.5. The molecule has 0 bridgehead atoms. The largest absolute Gasteiger partial charge is 0.390 e. The van der Waals surface area contributed by atoms with Crippen LogP contribution in [0.25, 0.3) is 0 Å². The molecule has 0 aromatic heterocycles. The molecule has 0 unspecified atom stereocenters. The highest BCUT2D eigenvalue weighted by Gasteiger charge is 2.61. The lowest BCUT2D eigenvalue weighted by molar-refractivity contribution is -0.118. The van der Waals surface area contributed by atoms with Crippen LogP contribution in [0.1, 0.15) is 59.3 Å². The van der Waals surface area contributed by atoms with Crippen molar-refractivity contribution in [3.8, 4) is 0 Å². The van der Waals surface area contributed by atoms with Crippen molar-refractivity contribution >= 4 is 5.78 Å². The van der Waals surface area contributed by atoms with Crippen LogP contribution in [-0.4, -0.2) is 16.5 Å². The topological polar surface area (TPSA) is 37.3 Å². The molecule has 2 fully saturated rings. The van der Waals surface area contributed by atoms with Gasteiger partial charge in [0.1, 0.15) is 0 Å². The number of aliphatic hydroxyl groups is 1. The maximum atomic E-state index is 11.8. The zero-order valence-electron chi connectivity index (χ0n) is 14.1. The Morgan fingerprint density at radius 1 is 1.09 bits per heavy atom. The number of allylic oxidation sites excluding steroid dienone is 4. The highest BCUT2D eigenvalue weighted by Crippen LogP contribution is 2.65. The second kappa shape index (κ2) is 4.35. The van der Waals surface area contributed by atoms with Crippen LogP contribution in [0.5, 0.6) is 0 Å². The van der Waals surface area contributed by atoms with Gasteiger partial charge in [-0.3, -0.25) is 4.79 Å². The van der Waals surface area contributed by atoms with Crippen molar-refractivity contribution in [2.24, 2.45) is 28.6 Å². The quantitative estimate of drug-likeness (QED) is 0.733. The van der Waals surface area contributed by atoms with Gasteiger partial charge in [-0.05, 0) is 79.3 Å². The summed E-state index contributed by atoms with van der Waals surface area (Å²) in [6.07, 6.45) is 12.6. The molecular formula is C20H28O2. The lowest BCUT2D eigenvalue weighted by Crippen LogP contribution is -2.52. The number of ketones is 1. The van der Waals surface area contributed by atoms with E-state index in [-0.39, 0.29) is 10.8 Å². The second-order valence-electron chi connectivity index (χ2n) is 8.90. The molecule has 0 saturated heterocycles. The zero-order valence-corrected chi connectivity index (χ0v) is 14.1. The SMILES string of the molecule is C[C@]12CCC(=O)C=C1C=C[C@H]1[C@H]3CC[C@](C)(O)[C@]3(C)CC[C@@H]12. The third kappa shape index (κ3) is 1.68. The third-order valence-electron chi connectivity index (χ3n) is 8.08. The first kappa shape index (κ1) is 14.7. The molecule has 0 radical (unpaired) electrons. The Morgan fingerprint density at radius 2 is 1.82 bits per heavy atom. The second-order valence-corrected chi connectivity index (χ2v) is 8.90. The first-order valence-corrected chi connectivity index (χ1v) is 8.94. The molecule has 6 atom stereocenters. The first-order chi connectivity index (χ1) is 10.3. The van der Waals surface area contributed by atoms with Crippen molar-refractivity contribution in [2.75, 3.05) is 0 Å². The monoisotopic (exact) mass is 300 g/mol. The van der Waals surface area contributed by atoms with E-state index in [0.29, 0.717) is 30.0 Å². The van der Waals surface area contributed by atoms with Gasteiger partial charge in [-0.25, -0.2) is 0 Å². The number of rotatable bonds is 0. The molecule has 2 heteroatoms. The molecule has 0 spiro atoms. The Bertz CT molecular complexity index is 585. The summed E-state index contributed by atoms with van der Waals surface area (Å²) in [7, 11) is 0. The molecule has 2 saturated carbocycles. The maximum absolute atomic E-state index is 11.8. The van der Waals surface area contributed by atoms with Gasteiger partial charge >= 0.3 is 0 Å². The van der Waals surface area contributed by atoms with E-state index in [2.05, 4.69) is 26.0 Å². The van der Waals surface area contributed by atoms with E-state index in [0.717, 1.165) is 25.7 Å². The van der Waals surface area contributed by atoms with Crippen LogP contribution >= 0.6 is 0 Å². The molecule has 22 heavy (non-hydrogen) atoms. The molecule has 1 N–H and O–H groups in total. The van der Waals surface area contributed by atoms with E-state index in [9.17, 15) is 9.90 Å². The molecule has 4 aliphatic rings. The van der Waals surface area contributed by atoms with Crippen molar-refractivity contribution in [3.05, 3.63) is 23.8 Å². The third-order valence-corrected chi connectivity index (χ3v) is 8.08. The van der Waals surface area contributed by atoms with Gasteiger partial charge in [0.25, 0.3) is 0 Å². The van der Waals surface area contributed by atoms with Crippen LogP contribution in [-0.2, 0) is 4.79 Å². The van der Waals surface area contributed by atoms with Crippen LogP contribution in [0.2, 0.25) is 0 Å². The van der Waals surface area contributed by atoms with Crippen molar-refractivity contribution < 1.29 is 9.90 Å². The standard InChI is InChI=1S/C20H28O2/c1-18-9-6-14(21)12-13(18)4-5-15-16(18)7-10-19(2)17(15)8-11-20(19,3)22/h4-5,12,15-17,22H,6-11H2,1-3H3/t15-,16+,17-,18+,19-,20+/m1/s1. The van der Waals surface area contributed by atoms with E-state index in [1.807, 2.05) is 13.0 Å². The molecule has 0 heterocycles. The van der Waals surface area contributed by atoms with Gasteiger partial charge < -0.3 is 5.11 Å². The fourth-order valence-electron chi connectivity index (χ4n) is 6.24. The molecule has 2 nitrogen and oxygen atoms in total. The average molecular weight is 300 g/mol. The number of hydrogen-bond acceptors (Lipinski definition) is 2. The Balaban J connectivity index is 1.76. The van der Waals surface area contributed by atoms with Crippen LogP contribution in [0.15, 0.2) is 23.8 Å². The number of fused-ring (bicyclic) bond motifs is 5. The summed E-state index contributed by atoms with van der Waals surface area (Å²) in [5.41, 5.74) is 0.970. The van der Waals surface area contributed by atoms with Gasteiger partial charge in [0.05, 0.1) is 5.60 Å².